The Morgan fingerprint density at radius 2 is 1.86 bits per heavy atom. The molecule has 2 aromatic carbocycles. The van der Waals surface area contributed by atoms with Crippen LogP contribution in [-0.2, 0) is 0 Å². The van der Waals surface area contributed by atoms with Crippen LogP contribution in [0.2, 0.25) is 10.0 Å². The number of hydrogen-bond acceptors (Lipinski definition) is 2. The molecule has 0 amide bonds. The number of benzene rings is 2. The number of hydrogen-bond donors (Lipinski definition) is 2. The first-order valence-electron chi connectivity index (χ1n) is 6.34. The molecule has 21 heavy (non-hydrogen) atoms. The second-order valence-electron chi connectivity index (χ2n) is 4.74. The first-order chi connectivity index (χ1) is 10.0. The van der Waals surface area contributed by atoms with Crippen molar-refractivity contribution in [3.8, 4) is 11.3 Å². The van der Waals surface area contributed by atoms with Gasteiger partial charge in [0, 0.05) is 16.6 Å². The topological polar surface area (TPSA) is 49.0 Å². The van der Waals surface area contributed by atoms with E-state index in [1.807, 2.05) is 30.3 Å². The summed E-state index contributed by atoms with van der Waals surface area (Å²) in [6.45, 7) is 1.70. The third kappa shape index (κ3) is 2.89. The zero-order valence-electron chi connectivity index (χ0n) is 11.2. The van der Waals surface area contributed by atoms with Gasteiger partial charge in [0.05, 0.1) is 15.9 Å². The van der Waals surface area contributed by atoms with Crippen LogP contribution in [0, 0.1) is 5.41 Å². The molecule has 0 aliphatic heterocycles. The van der Waals surface area contributed by atoms with Gasteiger partial charge in [-0.25, -0.2) is 0 Å². The number of halogens is 2. The normalized spacial score (nSPS) is 10.8. The van der Waals surface area contributed by atoms with Gasteiger partial charge in [-0.3, -0.25) is 5.41 Å². The van der Waals surface area contributed by atoms with E-state index in [0.29, 0.717) is 15.9 Å². The Labute approximate surface area is 132 Å². The van der Waals surface area contributed by atoms with Crippen LogP contribution in [0.3, 0.4) is 0 Å². The van der Waals surface area contributed by atoms with Gasteiger partial charge in [0.15, 0.2) is 0 Å². The van der Waals surface area contributed by atoms with E-state index < -0.39 is 0 Å². The van der Waals surface area contributed by atoms with E-state index in [-0.39, 0.29) is 0 Å². The molecule has 0 saturated carbocycles. The van der Waals surface area contributed by atoms with Gasteiger partial charge < -0.3 is 9.73 Å². The summed E-state index contributed by atoms with van der Waals surface area (Å²) in [6, 6.07) is 13.0. The fraction of sp³-hybridized carbons (Fsp3) is 0.0625. The molecule has 3 aromatic rings. The van der Waals surface area contributed by atoms with E-state index in [1.54, 1.807) is 19.1 Å². The molecule has 0 bridgehead atoms. The number of amidine groups is 1. The second-order valence-corrected chi connectivity index (χ2v) is 5.56. The molecule has 0 atom stereocenters. The molecular formula is C16H12Cl2N2O. The summed E-state index contributed by atoms with van der Waals surface area (Å²) in [7, 11) is 0. The fourth-order valence-electron chi connectivity index (χ4n) is 2.13. The SMILES string of the molecule is CC(=N)Nc1ccc2oc(-c3ccc(Cl)c(Cl)c3)cc2c1. The maximum atomic E-state index is 7.46. The Morgan fingerprint density at radius 1 is 1.05 bits per heavy atom. The number of nitrogens with one attached hydrogen (secondary N) is 2. The molecule has 3 rings (SSSR count). The van der Waals surface area contributed by atoms with Crippen molar-refractivity contribution >= 4 is 45.7 Å². The van der Waals surface area contributed by atoms with Crippen LogP contribution in [0.1, 0.15) is 6.92 Å². The minimum atomic E-state index is 0.391. The largest absolute Gasteiger partial charge is 0.456 e. The summed E-state index contributed by atoms with van der Waals surface area (Å²) < 4.78 is 5.83. The van der Waals surface area contributed by atoms with E-state index >= 15 is 0 Å². The van der Waals surface area contributed by atoms with Crippen LogP contribution in [0.15, 0.2) is 46.9 Å². The van der Waals surface area contributed by atoms with Crippen molar-refractivity contribution in [3.63, 3.8) is 0 Å². The van der Waals surface area contributed by atoms with Gasteiger partial charge in [-0.1, -0.05) is 23.2 Å². The van der Waals surface area contributed by atoms with E-state index in [4.69, 9.17) is 33.0 Å². The van der Waals surface area contributed by atoms with Crippen LogP contribution in [0.5, 0.6) is 0 Å². The number of furan rings is 1. The van der Waals surface area contributed by atoms with Gasteiger partial charge >= 0.3 is 0 Å². The van der Waals surface area contributed by atoms with Crippen LogP contribution < -0.4 is 5.32 Å². The highest BCUT2D eigenvalue weighted by atomic mass is 35.5. The maximum absolute atomic E-state index is 7.46. The molecule has 0 radical (unpaired) electrons. The molecule has 0 aliphatic carbocycles. The number of rotatable bonds is 2. The van der Waals surface area contributed by atoms with Crippen molar-refractivity contribution < 1.29 is 4.42 Å². The van der Waals surface area contributed by atoms with E-state index in [2.05, 4.69) is 5.32 Å². The smallest absolute Gasteiger partial charge is 0.135 e. The highest BCUT2D eigenvalue weighted by Crippen LogP contribution is 2.33. The average Bonchev–Trinajstić information content (AvgIpc) is 2.84. The van der Waals surface area contributed by atoms with Crippen molar-refractivity contribution in [2.45, 2.75) is 6.92 Å². The first-order valence-corrected chi connectivity index (χ1v) is 7.10. The molecule has 0 saturated heterocycles. The summed E-state index contributed by atoms with van der Waals surface area (Å²) in [4.78, 5) is 0. The van der Waals surface area contributed by atoms with Crippen molar-refractivity contribution in [1.29, 1.82) is 5.41 Å². The van der Waals surface area contributed by atoms with Crippen LogP contribution in [0.4, 0.5) is 5.69 Å². The van der Waals surface area contributed by atoms with Gasteiger partial charge in [0.1, 0.15) is 11.3 Å². The van der Waals surface area contributed by atoms with Gasteiger partial charge in [0.25, 0.3) is 0 Å². The van der Waals surface area contributed by atoms with Crippen LogP contribution >= 0.6 is 23.2 Å². The molecular weight excluding hydrogens is 307 g/mol. The molecule has 1 aromatic heterocycles. The van der Waals surface area contributed by atoms with Crippen molar-refractivity contribution in [3.05, 3.63) is 52.5 Å². The van der Waals surface area contributed by atoms with E-state index in [9.17, 15) is 0 Å². The van der Waals surface area contributed by atoms with Gasteiger partial charge in [0.2, 0.25) is 0 Å². The van der Waals surface area contributed by atoms with E-state index in [0.717, 1.165) is 28.0 Å². The van der Waals surface area contributed by atoms with Crippen molar-refractivity contribution in [1.82, 2.24) is 0 Å². The van der Waals surface area contributed by atoms with Crippen molar-refractivity contribution in [2.75, 3.05) is 5.32 Å². The Kier molecular flexibility index (Phi) is 3.62. The van der Waals surface area contributed by atoms with Crippen LogP contribution in [0.25, 0.3) is 22.3 Å². The lowest BCUT2D eigenvalue weighted by Crippen LogP contribution is -2.04. The fourth-order valence-corrected chi connectivity index (χ4v) is 2.43. The molecule has 3 nitrogen and oxygen atoms in total. The second kappa shape index (κ2) is 5.43. The lowest BCUT2D eigenvalue weighted by atomic mass is 10.1. The average molecular weight is 319 g/mol. The highest BCUT2D eigenvalue weighted by Gasteiger charge is 2.09. The lowest BCUT2D eigenvalue weighted by Gasteiger charge is -2.02. The molecule has 0 aliphatic rings. The zero-order chi connectivity index (χ0) is 15.0. The predicted octanol–water partition coefficient (Wildman–Crippen LogP) is 5.82. The zero-order valence-corrected chi connectivity index (χ0v) is 12.7. The van der Waals surface area contributed by atoms with Gasteiger partial charge in [-0.15, -0.1) is 0 Å². The Hall–Kier alpha value is -1.97. The molecule has 0 fully saturated rings. The summed E-state index contributed by atoms with van der Waals surface area (Å²) in [6.07, 6.45) is 0. The standard InChI is InChI=1S/C16H12Cl2N2O/c1-9(19)20-12-3-5-15-11(6-12)8-16(21-15)10-2-4-13(17)14(18)7-10/h2-8H,1H3,(H2,19,20). The Morgan fingerprint density at radius 3 is 2.57 bits per heavy atom. The summed E-state index contributed by atoms with van der Waals surface area (Å²) in [5.74, 6) is 1.12. The Balaban J connectivity index is 2.04. The minimum absolute atomic E-state index is 0.391. The van der Waals surface area contributed by atoms with Crippen LogP contribution in [-0.4, -0.2) is 5.84 Å². The molecule has 106 valence electrons. The van der Waals surface area contributed by atoms with Gasteiger partial charge in [-0.05, 0) is 49.4 Å². The molecule has 1 heterocycles. The maximum Gasteiger partial charge on any atom is 0.135 e. The summed E-state index contributed by atoms with van der Waals surface area (Å²) in [5.41, 5.74) is 2.51. The summed E-state index contributed by atoms with van der Waals surface area (Å²) in [5, 5.41) is 12.4. The molecule has 0 unspecified atom stereocenters. The number of anilines is 1. The minimum Gasteiger partial charge on any atom is -0.456 e. The molecule has 0 spiro atoms. The van der Waals surface area contributed by atoms with Gasteiger partial charge in [-0.2, -0.15) is 0 Å². The van der Waals surface area contributed by atoms with E-state index in [1.165, 1.54) is 0 Å². The monoisotopic (exact) mass is 318 g/mol. The predicted molar refractivity (Wildman–Crippen MR) is 88.7 cm³/mol. The molecule has 5 heteroatoms. The Bertz CT molecular complexity index is 839. The summed E-state index contributed by atoms with van der Waals surface area (Å²) >= 11 is 12.0. The highest BCUT2D eigenvalue weighted by molar-refractivity contribution is 6.42. The number of fused-ring (bicyclic) bond motifs is 1. The van der Waals surface area contributed by atoms with Crippen molar-refractivity contribution in [2.24, 2.45) is 0 Å². The lowest BCUT2D eigenvalue weighted by molar-refractivity contribution is 0.631. The third-order valence-electron chi connectivity index (χ3n) is 3.05. The first kappa shape index (κ1) is 14.0. The third-order valence-corrected chi connectivity index (χ3v) is 3.79. The molecule has 2 N–H and O–H groups in total. The quantitative estimate of drug-likeness (QED) is 0.462.